The van der Waals surface area contributed by atoms with Crippen molar-refractivity contribution in [3.8, 4) is 0 Å². The zero-order valence-electron chi connectivity index (χ0n) is 15.5. The van der Waals surface area contributed by atoms with Crippen LogP contribution in [-0.4, -0.2) is 37.2 Å². The van der Waals surface area contributed by atoms with Crippen LogP contribution in [0.5, 0.6) is 0 Å². The van der Waals surface area contributed by atoms with Gasteiger partial charge in [0.2, 0.25) is 0 Å². The Morgan fingerprint density at radius 3 is 2.64 bits per heavy atom. The van der Waals surface area contributed by atoms with Crippen molar-refractivity contribution in [2.45, 2.75) is 11.4 Å². The molecule has 0 bridgehead atoms. The highest BCUT2D eigenvalue weighted by molar-refractivity contribution is 7.98. The Kier molecular flexibility index (Phi) is 6.53. The molecule has 0 aliphatic heterocycles. The van der Waals surface area contributed by atoms with Crippen LogP contribution in [0.25, 0.3) is 16.3 Å². The molecule has 0 N–H and O–H groups in total. The fraction of sp³-hybridized carbons (Fsp3) is 0.200. The van der Waals surface area contributed by atoms with Crippen molar-refractivity contribution in [1.29, 1.82) is 0 Å². The third-order valence-corrected chi connectivity index (χ3v) is 6.77. The molecule has 8 heteroatoms. The highest BCUT2D eigenvalue weighted by atomic mass is 32.2. The Morgan fingerprint density at radius 2 is 1.96 bits per heavy atom. The number of rotatable bonds is 6. The van der Waals surface area contributed by atoms with E-state index in [9.17, 15) is 13.2 Å². The van der Waals surface area contributed by atoms with Crippen molar-refractivity contribution in [3.05, 3.63) is 65.0 Å². The van der Waals surface area contributed by atoms with Gasteiger partial charge in [0.05, 0.1) is 15.1 Å². The number of aryl methyl sites for hydroxylation is 1. The fourth-order valence-electron chi connectivity index (χ4n) is 2.63. The average Bonchev–Trinajstić information content (AvgIpc) is 3.01. The third-order valence-electron chi connectivity index (χ3n) is 4.03. The Bertz CT molecular complexity index is 1190. The molecule has 1 heterocycles. The molecule has 0 atom stereocenters. The number of hydrogen-bond acceptors (Lipinski definition) is 5. The second-order valence-corrected chi connectivity index (χ2v) is 10.1. The van der Waals surface area contributed by atoms with Crippen LogP contribution in [0.3, 0.4) is 0 Å². The molecule has 5 nitrogen and oxygen atoms in total. The number of nitrogens with zero attached hydrogens (tertiary/aromatic N) is 2. The maximum atomic E-state index is 12.4. The van der Waals surface area contributed by atoms with Gasteiger partial charge in [0.1, 0.15) is 0 Å². The second-order valence-electron chi connectivity index (χ2n) is 6.12. The standard InChI is InChI=1S/C20H20N2O3S3/c1-26-13-12-22-17-10-9-16(28(2,24)25)14-18(17)27-20(22)21-19(23)11-8-15-6-4-3-5-7-15/h3-11,14H,12-13H2,1-2H3/b11-8+,21-20?. The molecule has 3 aromatic rings. The number of fused-ring (bicyclic) bond motifs is 1. The van der Waals surface area contributed by atoms with Gasteiger partial charge in [-0.25, -0.2) is 8.42 Å². The van der Waals surface area contributed by atoms with Crippen LogP contribution in [0.4, 0.5) is 0 Å². The molecular weight excluding hydrogens is 412 g/mol. The van der Waals surface area contributed by atoms with Gasteiger partial charge in [0.15, 0.2) is 14.6 Å². The first-order valence-electron chi connectivity index (χ1n) is 8.53. The summed E-state index contributed by atoms with van der Waals surface area (Å²) in [5, 5.41) is 0. The molecular formula is C20H20N2O3S3. The minimum Gasteiger partial charge on any atom is -0.316 e. The molecule has 0 fully saturated rings. The summed E-state index contributed by atoms with van der Waals surface area (Å²) in [5.41, 5.74) is 1.81. The SMILES string of the molecule is CSCCn1c(=NC(=O)/C=C/c2ccccc2)sc2cc(S(C)(=O)=O)ccc21. The lowest BCUT2D eigenvalue weighted by Gasteiger charge is -2.04. The smallest absolute Gasteiger partial charge is 0.272 e. The van der Waals surface area contributed by atoms with Crippen molar-refractivity contribution in [1.82, 2.24) is 4.57 Å². The minimum absolute atomic E-state index is 0.264. The number of sulfone groups is 1. The lowest BCUT2D eigenvalue weighted by molar-refractivity contribution is -0.113. The summed E-state index contributed by atoms with van der Waals surface area (Å²) >= 11 is 3.02. The number of aromatic nitrogens is 1. The fourth-order valence-corrected chi connectivity index (χ4v) is 4.82. The summed E-state index contributed by atoms with van der Waals surface area (Å²) in [7, 11) is -3.29. The summed E-state index contributed by atoms with van der Waals surface area (Å²) in [5.74, 6) is 0.512. The first-order chi connectivity index (χ1) is 13.4. The topological polar surface area (TPSA) is 68.5 Å². The summed E-state index contributed by atoms with van der Waals surface area (Å²) in [6.45, 7) is 0.688. The van der Waals surface area contributed by atoms with Gasteiger partial charge in [0.25, 0.3) is 5.91 Å². The predicted octanol–water partition coefficient (Wildman–Crippen LogP) is 3.61. The van der Waals surface area contributed by atoms with Gasteiger partial charge in [-0.2, -0.15) is 16.8 Å². The van der Waals surface area contributed by atoms with Crippen LogP contribution in [0.2, 0.25) is 0 Å². The molecule has 0 saturated heterocycles. The Balaban J connectivity index is 2.03. The van der Waals surface area contributed by atoms with E-state index in [1.807, 2.05) is 41.2 Å². The van der Waals surface area contributed by atoms with E-state index in [-0.39, 0.29) is 10.8 Å². The first-order valence-corrected chi connectivity index (χ1v) is 12.6. The summed E-state index contributed by atoms with van der Waals surface area (Å²) < 4.78 is 26.5. The van der Waals surface area contributed by atoms with E-state index in [0.29, 0.717) is 11.3 Å². The highest BCUT2D eigenvalue weighted by Crippen LogP contribution is 2.22. The maximum absolute atomic E-state index is 12.4. The molecule has 1 amide bonds. The van der Waals surface area contributed by atoms with E-state index >= 15 is 0 Å². The Morgan fingerprint density at radius 1 is 1.21 bits per heavy atom. The van der Waals surface area contributed by atoms with Gasteiger partial charge >= 0.3 is 0 Å². The van der Waals surface area contributed by atoms with Crippen molar-refractivity contribution in [3.63, 3.8) is 0 Å². The van der Waals surface area contributed by atoms with Crippen molar-refractivity contribution < 1.29 is 13.2 Å². The molecule has 0 unspecified atom stereocenters. The molecule has 0 aliphatic rings. The van der Waals surface area contributed by atoms with Gasteiger partial charge in [-0.1, -0.05) is 41.7 Å². The zero-order chi connectivity index (χ0) is 20.1. The van der Waals surface area contributed by atoms with E-state index in [1.165, 1.54) is 23.7 Å². The number of carbonyl (C=O) groups is 1. The normalized spacial score (nSPS) is 12.9. The van der Waals surface area contributed by atoms with Crippen molar-refractivity contribution in [2.24, 2.45) is 4.99 Å². The Labute approximate surface area is 172 Å². The molecule has 1 aromatic heterocycles. The third kappa shape index (κ3) is 5.01. The highest BCUT2D eigenvalue weighted by Gasteiger charge is 2.12. The van der Waals surface area contributed by atoms with E-state index in [1.54, 1.807) is 36.0 Å². The predicted molar refractivity (Wildman–Crippen MR) is 117 cm³/mol. The summed E-state index contributed by atoms with van der Waals surface area (Å²) in [6, 6.07) is 14.6. The monoisotopic (exact) mass is 432 g/mol. The second kappa shape index (κ2) is 8.89. The lowest BCUT2D eigenvalue weighted by atomic mass is 10.2. The van der Waals surface area contributed by atoms with Gasteiger partial charge in [-0.3, -0.25) is 4.79 Å². The van der Waals surface area contributed by atoms with Crippen LogP contribution in [0, 0.1) is 0 Å². The van der Waals surface area contributed by atoms with E-state index < -0.39 is 9.84 Å². The molecule has 146 valence electrons. The maximum Gasteiger partial charge on any atom is 0.272 e. The van der Waals surface area contributed by atoms with Crippen molar-refractivity contribution in [2.75, 3.05) is 18.3 Å². The molecule has 28 heavy (non-hydrogen) atoms. The molecule has 3 rings (SSSR count). The molecule has 2 aromatic carbocycles. The largest absolute Gasteiger partial charge is 0.316 e. The minimum atomic E-state index is -3.29. The van der Waals surface area contributed by atoms with E-state index in [4.69, 9.17) is 0 Å². The first kappa shape index (κ1) is 20.6. The Hall–Kier alpha value is -2.16. The van der Waals surface area contributed by atoms with Crippen LogP contribution in [-0.2, 0) is 21.2 Å². The van der Waals surface area contributed by atoms with Crippen LogP contribution in [0.15, 0.2) is 64.5 Å². The summed E-state index contributed by atoms with van der Waals surface area (Å²) in [4.78, 5) is 17.4. The average molecular weight is 433 g/mol. The van der Waals surface area contributed by atoms with Gasteiger partial charge in [0, 0.05) is 24.6 Å². The number of thioether (sulfide) groups is 1. The van der Waals surface area contributed by atoms with Crippen LogP contribution in [0.1, 0.15) is 5.56 Å². The van der Waals surface area contributed by atoms with Gasteiger partial charge in [-0.05, 0) is 36.1 Å². The molecule has 0 spiro atoms. The number of amides is 1. The number of hydrogen-bond donors (Lipinski definition) is 0. The van der Waals surface area contributed by atoms with Gasteiger partial charge < -0.3 is 4.57 Å². The van der Waals surface area contributed by atoms with E-state index in [0.717, 1.165) is 21.5 Å². The number of thiazole rings is 1. The van der Waals surface area contributed by atoms with Crippen LogP contribution < -0.4 is 4.80 Å². The van der Waals surface area contributed by atoms with Crippen molar-refractivity contribution >= 4 is 55.1 Å². The lowest BCUT2D eigenvalue weighted by Crippen LogP contribution is -2.17. The summed E-state index contributed by atoms with van der Waals surface area (Å²) in [6.07, 6.45) is 6.38. The zero-order valence-corrected chi connectivity index (χ0v) is 18.0. The molecule has 0 saturated carbocycles. The van der Waals surface area contributed by atoms with Crippen LogP contribution >= 0.6 is 23.1 Å². The van der Waals surface area contributed by atoms with Gasteiger partial charge in [-0.15, -0.1) is 0 Å². The molecule has 0 radical (unpaired) electrons. The number of benzene rings is 2. The molecule has 0 aliphatic carbocycles. The number of carbonyl (C=O) groups excluding carboxylic acids is 1. The van der Waals surface area contributed by atoms with E-state index in [2.05, 4.69) is 4.99 Å². The quantitative estimate of drug-likeness (QED) is 0.558.